The van der Waals surface area contributed by atoms with Gasteiger partial charge in [-0.1, -0.05) is 18.2 Å². The molecule has 2 aliphatic rings. The smallest absolute Gasteiger partial charge is 0.266 e. The van der Waals surface area contributed by atoms with Crippen LogP contribution in [-0.4, -0.2) is 36.0 Å². The summed E-state index contributed by atoms with van der Waals surface area (Å²) in [5.74, 6) is -1.86. The second kappa shape index (κ2) is 11.2. The molecule has 1 saturated heterocycles. The Morgan fingerprint density at radius 3 is 2.36 bits per heavy atom. The molecule has 2 heterocycles. The van der Waals surface area contributed by atoms with Crippen LogP contribution in [0.1, 0.15) is 66.6 Å². The van der Waals surface area contributed by atoms with Crippen molar-refractivity contribution >= 4 is 24.0 Å². The van der Waals surface area contributed by atoms with Crippen molar-refractivity contribution in [1.82, 2.24) is 15.2 Å². The summed E-state index contributed by atoms with van der Waals surface area (Å²) in [4.78, 5) is 26.0. The molecule has 6 nitrogen and oxygen atoms in total. The van der Waals surface area contributed by atoms with Crippen LogP contribution in [0, 0.1) is 5.82 Å². The van der Waals surface area contributed by atoms with Crippen molar-refractivity contribution in [2.24, 2.45) is 0 Å². The fraction of sp³-hybridized carbons (Fsp3) is 0.500. The number of pyridine rings is 1. The van der Waals surface area contributed by atoms with E-state index in [2.05, 4.69) is 16.0 Å². The van der Waals surface area contributed by atoms with Crippen LogP contribution in [0.25, 0.3) is 0 Å². The molecule has 0 radical (unpaired) electrons. The largest absolute Gasteiger partial charge is 0.381 e. The second-order valence-corrected chi connectivity index (χ2v) is 9.13. The van der Waals surface area contributed by atoms with E-state index in [0.717, 1.165) is 48.8 Å². The number of anilines is 1. The summed E-state index contributed by atoms with van der Waals surface area (Å²) in [7, 11) is 0. The van der Waals surface area contributed by atoms with E-state index in [9.17, 15) is 31.5 Å². The lowest BCUT2D eigenvalue weighted by molar-refractivity contribution is 0.0648. The lowest BCUT2D eigenvalue weighted by Crippen LogP contribution is -2.39. The Balaban J connectivity index is 0.00000361. The standard InChI is InChI=1S/C24H27F5N4O2.ClH/c1-13(15-3-2-4-16(20(15)25)21(26)27)31-22(35)17-12-33(24(7-8-24)23(28)29)19(34)11-18(17)32-14-5-9-30-10-6-14;/h2-4,11-14,21,23,30,32H,5-10H2,1H3,(H,31,35);1H/t13-;/m1./s1. The molecule has 1 aromatic heterocycles. The molecule has 2 aromatic rings. The first-order valence-corrected chi connectivity index (χ1v) is 11.5. The lowest BCUT2D eigenvalue weighted by Gasteiger charge is -2.27. The topological polar surface area (TPSA) is 75.2 Å². The maximum atomic E-state index is 14.6. The van der Waals surface area contributed by atoms with Crippen molar-refractivity contribution in [3.05, 3.63) is 63.3 Å². The van der Waals surface area contributed by atoms with Crippen LogP contribution in [0.2, 0.25) is 0 Å². The molecule has 1 atom stereocenters. The zero-order chi connectivity index (χ0) is 25.3. The quantitative estimate of drug-likeness (QED) is 0.427. The van der Waals surface area contributed by atoms with Gasteiger partial charge < -0.3 is 20.5 Å². The highest BCUT2D eigenvalue weighted by atomic mass is 35.5. The Morgan fingerprint density at radius 2 is 1.78 bits per heavy atom. The third-order valence-corrected chi connectivity index (χ3v) is 6.75. The van der Waals surface area contributed by atoms with Gasteiger partial charge in [-0.25, -0.2) is 22.0 Å². The molecule has 0 unspecified atom stereocenters. The first-order chi connectivity index (χ1) is 16.6. The highest BCUT2D eigenvalue weighted by Gasteiger charge is 2.53. The fourth-order valence-corrected chi connectivity index (χ4v) is 4.48. The highest BCUT2D eigenvalue weighted by molar-refractivity contribution is 5.99. The summed E-state index contributed by atoms with van der Waals surface area (Å²) in [6, 6.07) is 3.62. The molecule has 36 heavy (non-hydrogen) atoms. The number of nitrogens with zero attached hydrogens (tertiary/aromatic N) is 1. The molecular weight excluding hydrogens is 507 g/mol. The van der Waals surface area contributed by atoms with E-state index in [0.29, 0.717) is 0 Å². The number of rotatable bonds is 8. The Labute approximate surface area is 211 Å². The first-order valence-electron chi connectivity index (χ1n) is 11.5. The molecule has 3 N–H and O–H groups in total. The average Bonchev–Trinajstić information content (AvgIpc) is 3.61. The number of alkyl halides is 4. The maximum absolute atomic E-state index is 14.6. The van der Waals surface area contributed by atoms with Crippen LogP contribution in [-0.2, 0) is 5.54 Å². The number of amides is 1. The number of hydrogen-bond donors (Lipinski definition) is 3. The van der Waals surface area contributed by atoms with Crippen LogP contribution in [0.4, 0.5) is 27.6 Å². The molecule has 1 amide bonds. The molecule has 1 aliphatic carbocycles. The zero-order valence-corrected chi connectivity index (χ0v) is 20.3. The van der Waals surface area contributed by atoms with E-state index in [1.807, 2.05) is 0 Å². The zero-order valence-electron chi connectivity index (χ0n) is 19.5. The van der Waals surface area contributed by atoms with Gasteiger partial charge in [0.25, 0.3) is 24.3 Å². The van der Waals surface area contributed by atoms with Crippen LogP contribution < -0.4 is 21.5 Å². The molecule has 4 rings (SSSR count). The van der Waals surface area contributed by atoms with Crippen molar-refractivity contribution in [2.45, 2.75) is 63.1 Å². The Hall–Kier alpha value is -2.66. The van der Waals surface area contributed by atoms with E-state index >= 15 is 0 Å². The van der Waals surface area contributed by atoms with Gasteiger partial charge in [0.05, 0.1) is 22.9 Å². The molecule has 12 heteroatoms. The molecule has 0 bridgehead atoms. The Kier molecular flexibility index (Phi) is 8.66. The molecule has 1 aliphatic heterocycles. The number of benzene rings is 1. The highest BCUT2D eigenvalue weighted by Crippen LogP contribution is 2.48. The van der Waals surface area contributed by atoms with E-state index in [4.69, 9.17) is 0 Å². The predicted octanol–water partition coefficient (Wildman–Crippen LogP) is 4.76. The maximum Gasteiger partial charge on any atom is 0.266 e. The third kappa shape index (κ3) is 5.51. The van der Waals surface area contributed by atoms with Gasteiger partial charge in [0.2, 0.25) is 0 Å². The number of hydrogen-bond acceptors (Lipinski definition) is 4. The molecule has 2 fully saturated rings. The number of nitrogens with one attached hydrogen (secondary N) is 3. The van der Waals surface area contributed by atoms with Gasteiger partial charge in [-0.05, 0) is 45.7 Å². The van der Waals surface area contributed by atoms with Gasteiger partial charge in [0, 0.05) is 23.9 Å². The summed E-state index contributed by atoms with van der Waals surface area (Å²) in [5.41, 5.74) is -3.08. The number of aromatic nitrogens is 1. The van der Waals surface area contributed by atoms with Crippen LogP contribution in [0.5, 0.6) is 0 Å². The van der Waals surface area contributed by atoms with Gasteiger partial charge >= 0.3 is 0 Å². The predicted molar refractivity (Wildman–Crippen MR) is 128 cm³/mol. The van der Waals surface area contributed by atoms with E-state index in [1.165, 1.54) is 19.1 Å². The number of carbonyl (C=O) groups is 1. The Morgan fingerprint density at radius 1 is 1.14 bits per heavy atom. The molecule has 1 saturated carbocycles. The average molecular weight is 535 g/mol. The summed E-state index contributed by atoms with van der Waals surface area (Å²) < 4.78 is 69.2. The molecule has 1 aromatic carbocycles. The minimum atomic E-state index is -3.02. The summed E-state index contributed by atoms with van der Waals surface area (Å²) in [6.07, 6.45) is -3.02. The third-order valence-electron chi connectivity index (χ3n) is 6.75. The summed E-state index contributed by atoms with van der Waals surface area (Å²) in [6.45, 7) is 2.91. The van der Waals surface area contributed by atoms with E-state index < -0.39 is 47.3 Å². The number of piperidine rings is 1. The van der Waals surface area contributed by atoms with E-state index in [-0.39, 0.29) is 48.1 Å². The Bertz CT molecular complexity index is 1150. The molecule has 0 spiro atoms. The van der Waals surface area contributed by atoms with Gasteiger partial charge in [0.15, 0.2) is 0 Å². The summed E-state index contributed by atoms with van der Waals surface area (Å²) in [5, 5.41) is 8.94. The van der Waals surface area contributed by atoms with Crippen molar-refractivity contribution in [3.63, 3.8) is 0 Å². The minimum absolute atomic E-state index is 0. The SMILES string of the molecule is C[C@@H](NC(=O)c1cn(C2(C(F)F)CC2)c(=O)cc1NC1CCNCC1)c1cccc(C(F)F)c1F.Cl. The fourth-order valence-electron chi connectivity index (χ4n) is 4.48. The number of carbonyl (C=O) groups excluding carboxylic acids is 1. The molecular formula is C24H28ClF5N4O2. The minimum Gasteiger partial charge on any atom is -0.381 e. The van der Waals surface area contributed by atoms with Gasteiger partial charge in [-0.2, -0.15) is 0 Å². The monoisotopic (exact) mass is 534 g/mol. The second-order valence-electron chi connectivity index (χ2n) is 9.13. The summed E-state index contributed by atoms with van der Waals surface area (Å²) >= 11 is 0. The van der Waals surface area contributed by atoms with Crippen molar-refractivity contribution in [2.75, 3.05) is 18.4 Å². The van der Waals surface area contributed by atoms with Crippen molar-refractivity contribution in [3.8, 4) is 0 Å². The van der Waals surface area contributed by atoms with E-state index in [1.54, 1.807) is 0 Å². The number of halogens is 6. The normalized spacial score (nSPS) is 18.0. The van der Waals surface area contributed by atoms with Gasteiger partial charge in [-0.3, -0.25) is 9.59 Å². The van der Waals surface area contributed by atoms with Crippen LogP contribution >= 0.6 is 12.4 Å². The van der Waals surface area contributed by atoms with Crippen molar-refractivity contribution < 1.29 is 26.7 Å². The van der Waals surface area contributed by atoms with Crippen LogP contribution in [0.3, 0.4) is 0 Å². The van der Waals surface area contributed by atoms with Crippen LogP contribution in [0.15, 0.2) is 35.3 Å². The van der Waals surface area contributed by atoms with Gasteiger partial charge in [-0.15, -0.1) is 12.4 Å². The van der Waals surface area contributed by atoms with Crippen molar-refractivity contribution in [1.29, 1.82) is 0 Å². The molecule has 198 valence electrons. The van der Waals surface area contributed by atoms with Gasteiger partial charge in [0.1, 0.15) is 11.4 Å². The lowest BCUT2D eigenvalue weighted by atomic mass is 10.0. The first kappa shape index (κ1) is 27.9.